The van der Waals surface area contributed by atoms with E-state index in [9.17, 15) is 4.79 Å². The number of carbonyl (C=O) groups is 1. The fourth-order valence-corrected chi connectivity index (χ4v) is 1.55. The van der Waals surface area contributed by atoms with E-state index in [0.717, 1.165) is 6.54 Å². The van der Waals surface area contributed by atoms with E-state index in [2.05, 4.69) is 0 Å². The molecule has 1 aromatic rings. The van der Waals surface area contributed by atoms with Gasteiger partial charge in [0.1, 0.15) is 0 Å². The van der Waals surface area contributed by atoms with Crippen molar-refractivity contribution in [3.63, 3.8) is 0 Å². The molecule has 0 fully saturated rings. The summed E-state index contributed by atoms with van der Waals surface area (Å²) in [6.07, 6.45) is 0. The largest absolute Gasteiger partial charge is 0.299 e. The molecular weight excluding hydrogens is 233 g/mol. The Morgan fingerprint density at radius 2 is 2.07 bits per heavy atom. The predicted molar refractivity (Wildman–Crippen MR) is 64.0 cm³/mol. The van der Waals surface area contributed by atoms with E-state index in [1.165, 1.54) is 0 Å². The number of hydrogen-bond acceptors (Lipinski definition) is 2. The molecule has 1 aromatic carbocycles. The molecule has 0 aliphatic rings. The van der Waals surface area contributed by atoms with Crippen LogP contribution in [-0.2, 0) is 0 Å². The molecule has 0 unspecified atom stereocenters. The second-order valence-corrected chi connectivity index (χ2v) is 4.22. The second-order valence-electron chi connectivity index (χ2n) is 3.38. The third-order valence-corrected chi connectivity index (χ3v) is 2.75. The summed E-state index contributed by atoms with van der Waals surface area (Å²) in [7, 11) is 1.89. The number of nitrogens with zero attached hydrogens (tertiary/aromatic N) is 1. The summed E-state index contributed by atoms with van der Waals surface area (Å²) in [6.45, 7) is 3.17. The number of rotatable bonds is 4. The van der Waals surface area contributed by atoms with E-state index < -0.39 is 0 Å². The molecule has 0 saturated heterocycles. The highest BCUT2D eigenvalue weighted by Crippen LogP contribution is 2.21. The van der Waals surface area contributed by atoms with Crippen LogP contribution in [0.1, 0.15) is 17.3 Å². The van der Waals surface area contributed by atoms with Gasteiger partial charge in [-0.2, -0.15) is 0 Å². The molecule has 82 valence electrons. The summed E-state index contributed by atoms with van der Waals surface area (Å²) in [4.78, 5) is 13.7. The normalized spacial score (nSPS) is 10.7. The van der Waals surface area contributed by atoms with Crippen molar-refractivity contribution in [2.24, 2.45) is 0 Å². The molecule has 15 heavy (non-hydrogen) atoms. The van der Waals surface area contributed by atoms with Crippen LogP contribution in [0.3, 0.4) is 0 Å². The molecule has 0 radical (unpaired) electrons. The fourth-order valence-electron chi connectivity index (χ4n) is 1.15. The third kappa shape index (κ3) is 3.49. The maximum Gasteiger partial charge on any atom is 0.178 e. The maximum atomic E-state index is 11.8. The molecule has 0 aliphatic carbocycles. The number of carbonyl (C=O) groups excluding carboxylic acids is 1. The SMILES string of the molecule is CCN(C)CC(=O)c1cc(Cl)ccc1Cl. The summed E-state index contributed by atoms with van der Waals surface area (Å²) in [5.41, 5.74) is 0.490. The van der Waals surface area contributed by atoms with Gasteiger partial charge in [-0.15, -0.1) is 0 Å². The lowest BCUT2D eigenvalue weighted by atomic mass is 10.1. The first-order valence-electron chi connectivity index (χ1n) is 4.71. The summed E-state index contributed by atoms with van der Waals surface area (Å²) in [5.74, 6) is -0.00755. The van der Waals surface area contributed by atoms with Crippen molar-refractivity contribution < 1.29 is 4.79 Å². The number of likely N-dealkylation sites (N-methyl/N-ethyl adjacent to an activating group) is 1. The van der Waals surface area contributed by atoms with Crippen LogP contribution in [-0.4, -0.2) is 30.8 Å². The standard InChI is InChI=1S/C11H13Cl2NO/c1-3-14(2)7-11(15)9-6-8(12)4-5-10(9)13/h4-6H,3,7H2,1-2H3. The van der Waals surface area contributed by atoms with Gasteiger partial charge in [0.15, 0.2) is 5.78 Å². The lowest BCUT2D eigenvalue weighted by Crippen LogP contribution is -2.25. The van der Waals surface area contributed by atoms with E-state index in [1.54, 1.807) is 18.2 Å². The van der Waals surface area contributed by atoms with Gasteiger partial charge >= 0.3 is 0 Å². The molecule has 2 nitrogen and oxygen atoms in total. The molecule has 0 heterocycles. The zero-order valence-electron chi connectivity index (χ0n) is 8.76. The van der Waals surface area contributed by atoms with Crippen LogP contribution in [0.5, 0.6) is 0 Å². The van der Waals surface area contributed by atoms with Gasteiger partial charge in [0.25, 0.3) is 0 Å². The zero-order chi connectivity index (χ0) is 11.4. The Kier molecular flexibility index (Phi) is 4.58. The predicted octanol–water partition coefficient (Wildman–Crippen LogP) is 3.13. The molecule has 0 N–H and O–H groups in total. The van der Waals surface area contributed by atoms with Gasteiger partial charge in [0.05, 0.1) is 11.6 Å². The van der Waals surface area contributed by atoms with E-state index in [1.807, 2.05) is 18.9 Å². The number of halogens is 2. The van der Waals surface area contributed by atoms with Crippen LogP contribution in [0.25, 0.3) is 0 Å². The van der Waals surface area contributed by atoms with Crippen molar-refractivity contribution in [3.8, 4) is 0 Å². The minimum atomic E-state index is -0.00755. The number of benzene rings is 1. The summed E-state index contributed by atoms with van der Waals surface area (Å²) >= 11 is 11.7. The highest BCUT2D eigenvalue weighted by molar-refractivity contribution is 6.36. The van der Waals surface area contributed by atoms with Crippen molar-refractivity contribution in [2.75, 3.05) is 20.1 Å². The molecule has 0 aromatic heterocycles. The van der Waals surface area contributed by atoms with Gasteiger partial charge in [-0.3, -0.25) is 9.69 Å². The van der Waals surface area contributed by atoms with E-state index in [0.29, 0.717) is 22.2 Å². The van der Waals surface area contributed by atoms with Gasteiger partial charge in [0.2, 0.25) is 0 Å². The lowest BCUT2D eigenvalue weighted by Gasteiger charge is -2.13. The topological polar surface area (TPSA) is 20.3 Å². The Balaban J connectivity index is 2.86. The first-order chi connectivity index (χ1) is 7.04. The van der Waals surface area contributed by atoms with Gasteiger partial charge in [-0.1, -0.05) is 30.1 Å². The van der Waals surface area contributed by atoms with Crippen LogP contribution in [0.2, 0.25) is 10.0 Å². The molecule has 1 rings (SSSR count). The van der Waals surface area contributed by atoms with Crippen molar-refractivity contribution in [2.45, 2.75) is 6.92 Å². The van der Waals surface area contributed by atoms with Crippen LogP contribution in [0.4, 0.5) is 0 Å². The van der Waals surface area contributed by atoms with Gasteiger partial charge < -0.3 is 0 Å². The first kappa shape index (κ1) is 12.5. The number of hydrogen-bond donors (Lipinski definition) is 0. The van der Waals surface area contributed by atoms with Crippen molar-refractivity contribution in [1.29, 1.82) is 0 Å². The Bertz CT molecular complexity index is 366. The van der Waals surface area contributed by atoms with Crippen LogP contribution in [0.15, 0.2) is 18.2 Å². The highest BCUT2D eigenvalue weighted by atomic mass is 35.5. The average molecular weight is 246 g/mol. The monoisotopic (exact) mass is 245 g/mol. The molecule has 0 amide bonds. The van der Waals surface area contributed by atoms with Crippen molar-refractivity contribution in [1.82, 2.24) is 4.90 Å². The molecule has 0 aliphatic heterocycles. The van der Waals surface area contributed by atoms with Gasteiger partial charge in [0, 0.05) is 10.6 Å². The quantitative estimate of drug-likeness (QED) is 0.760. The van der Waals surface area contributed by atoms with Crippen LogP contribution < -0.4 is 0 Å². The first-order valence-corrected chi connectivity index (χ1v) is 5.47. The molecule has 0 bridgehead atoms. The van der Waals surface area contributed by atoms with Crippen molar-refractivity contribution in [3.05, 3.63) is 33.8 Å². The summed E-state index contributed by atoms with van der Waals surface area (Å²) < 4.78 is 0. The van der Waals surface area contributed by atoms with Crippen LogP contribution >= 0.6 is 23.2 Å². The molecule has 0 saturated carbocycles. The fraction of sp³-hybridized carbons (Fsp3) is 0.364. The minimum Gasteiger partial charge on any atom is -0.299 e. The van der Waals surface area contributed by atoms with E-state index in [-0.39, 0.29) is 5.78 Å². The zero-order valence-corrected chi connectivity index (χ0v) is 10.3. The molecule has 0 spiro atoms. The van der Waals surface area contributed by atoms with Gasteiger partial charge in [-0.05, 0) is 31.8 Å². The number of Topliss-reactive ketones (excluding diaryl/α,β-unsaturated/α-hetero) is 1. The number of ketones is 1. The second kappa shape index (κ2) is 5.50. The summed E-state index contributed by atoms with van der Waals surface area (Å²) in [6, 6.07) is 4.92. The van der Waals surface area contributed by atoms with E-state index in [4.69, 9.17) is 23.2 Å². The third-order valence-electron chi connectivity index (χ3n) is 2.18. The minimum absolute atomic E-state index is 0.00755. The van der Waals surface area contributed by atoms with Gasteiger partial charge in [-0.25, -0.2) is 0 Å². The lowest BCUT2D eigenvalue weighted by molar-refractivity contribution is 0.0949. The smallest absolute Gasteiger partial charge is 0.178 e. The Morgan fingerprint density at radius 1 is 1.40 bits per heavy atom. The molecule has 0 atom stereocenters. The van der Waals surface area contributed by atoms with Crippen LogP contribution in [0, 0.1) is 0 Å². The van der Waals surface area contributed by atoms with E-state index >= 15 is 0 Å². The average Bonchev–Trinajstić information content (AvgIpc) is 2.21. The summed E-state index contributed by atoms with van der Waals surface area (Å²) in [5, 5.41) is 0.982. The maximum absolute atomic E-state index is 11.8. The molecule has 4 heteroatoms. The Hall–Kier alpha value is -0.570. The Morgan fingerprint density at radius 3 is 2.67 bits per heavy atom. The Labute approximate surface area is 99.8 Å². The molecular formula is C11H13Cl2NO. The van der Waals surface area contributed by atoms with Crippen molar-refractivity contribution >= 4 is 29.0 Å². The highest BCUT2D eigenvalue weighted by Gasteiger charge is 2.12.